The van der Waals surface area contributed by atoms with Crippen LogP contribution in [-0.2, 0) is 6.54 Å². The average Bonchev–Trinajstić information content (AvgIpc) is 2.86. The third kappa shape index (κ3) is 4.13. The molecule has 5 nitrogen and oxygen atoms in total. The SMILES string of the molecule is C#CCNC(=NC)NCCn1cnc2ccccc21.I. The van der Waals surface area contributed by atoms with Crippen molar-refractivity contribution in [3.05, 3.63) is 30.6 Å². The Bertz CT molecular complexity index is 611. The Labute approximate surface area is 135 Å². The number of aliphatic imine (C=N–C) groups is 1. The van der Waals surface area contributed by atoms with Gasteiger partial charge in [0, 0.05) is 20.1 Å². The van der Waals surface area contributed by atoms with E-state index in [1.807, 2.05) is 24.5 Å². The fourth-order valence-corrected chi connectivity index (χ4v) is 1.84. The van der Waals surface area contributed by atoms with Crippen LogP contribution in [0.5, 0.6) is 0 Å². The number of guanidine groups is 1. The number of imidazole rings is 1. The first-order valence-corrected chi connectivity index (χ1v) is 6.13. The highest BCUT2D eigenvalue weighted by Gasteiger charge is 2.01. The van der Waals surface area contributed by atoms with Crippen LogP contribution in [0, 0.1) is 12.3 Å². The lowest BCUT2D eigenvalue weighted by Gasteiger charge is -2.10. The molecule has 2 aromatic rings. The molecule has 1 aromatic carbocycles. The van der Waals surface area contributed by atoms with E-state index in [1.165, 1.54) is 0 Å². The molecule has 2 rings (SSSR count). The van der Waals surface area contributed by atoms with Gasteiger partial charge in [-0.1, -0.05) is 18.1 Å². The van der Waals surface area contributed by atoms with Gasteiger partial charge >= 0.3 is 0 Å². The summed E-state index contributed by atoms with van der Waals surface area (Å²) in [7, 11) is 1.72. The zero-order valence-corrected chi connectivity index (χ0v) is 13.7. The van der Waals surface area contributed by atoms with Crippen LogP contribution >= 0.6 is 24.0 Å². The Kier molecular flexibility index (Phi) is 6.87. The molecular formula is C14H18IN5. The van der Waals surface area contributed by atoms with Crippen LogP contribution in [0.1, 0.15) is 0 Å². The summed E-state index contributed by atoms with van der Waals surface area (Å²) in [6.07, 6.45) is 7.04. The maximum atomic E-state index is 5.19. The van der Waals surface area contributed by atoms with Crippen molar-refractivity contribution in [3.8, 4) is 12.3 Å². The Morgan fingerprint density at radius 2 is 2.20 bits per heavy atom. The monoisotopic (exact) mass is 383 g/mol. The summed E-state index contributed by atoms with van der Waals surface area (Å²) in [6, 6.07) is 8.07. The summed E-state index contributed by atoms with van der Waals surface area (Å²) in [4.78, 5) is 8.43. The molecule has 6 heteroatoms. The zero-order chi connectivity index (χ0) is 13.5. The summed E-state index contributed by atoms with van der Waals surface area (Å²) in [5.41, 5.74) is 2.15. The van der Waals surface area contributed by atoms with Gasteiger partial charge in [0.1, 0.15) is 0 Å². The lowest BCUT2D eigenvalue weighted by atomic mass is 10.3. The summed E-state index contributed by atoms with van der Waals surface area (Å²) < 4.78 is 2.11. The van der Waals surface area contributed by atoms with Gasteiger partial charge in [0.05, 0.1) is 23.9 Å². The smallest absolute Gasteiger partial charge is 0.191 e. The van der Waals surface area contributed by atoms with Crippen LogP contribution in [0.3, 0.4) is 0 Å². The van der Waals surface area contributed by atoms with Crippen LogP contribution < -0.4 is 10.6 Å². The zero-order valence-electron chi connectivity index (χ0n) is 11.3. The van der Waals surface area contributed by atoms with Crippen LogP contribution in [0.2, 0.25) is 0 Å². The minimum atomic E-state index is 0. The molecule has 0 unspecified atom stereocenters. The molecule has 0 aliphatic carbocycles. The Morgan fingerprint density at radius 3 is 2.95 bits per heavy atom. The highest BCUT2D eigenvalue weighted by Crippen LogP contribution is 2.10. The van der Waals surface area contributed by atoms with E-state index in [9.17, 15) is 0 Å². The van der Waals surface area contributed by atoms with E-state index in [2.05, 4.69) is 37.2 Å². The first-order valence-electron chi connectivity index (χ1n) is 6.13. The molecule has 0 saturated heterocycles. The van der Waals surface area contributed by atoms with Crippen LogP contribution in [0.25, 0.3) is 11.0 Å². The largest absolute Gasteiger partial charge is 0.355 e. The van der Waals surface area contributed by atoms with Crippen molar-refractivity contribution < 1.29 is 0 Å². The van der Waals surface area contributed by atoms with Crippen molar-refractivity contribution in [2.24, 2.45) is 4.99 Å². The van der Waals surface area contributed by atoms with Crippen LogP contribution in [-0.4, -0.2) is 35.6 Å². The Balaban J connectivity index is 0.00000200. The molecule has 1 heterocycles. The first-order chi connectivity index (χ1) is 9.35. The molecule has 0 saturated carbocycles. The predicted octanol–water partition coefficient (Wildman–Crippen LogP) is 1.45. The summed E-state index contributed by atoms with van der Waals surface area (Å²) in [5, 5.41) is 6.22. The lowest BCUT2D eigenvalue weighted by Crippen LogP contribution is -2.38. The van der Waals surface area contributed by atoms with Gasteiger partial charge in [0.15, 0.2) is 5.96 Å². The minimum Gasteiger partial charge on any atom is -0.355 e. The highest BCUT2D eigenvalue weighted by atomic mass is 127. The molecule has 0 radical (unpaired) electrons. The molecule has 0 spiro atoms. The summed E-state index contributed by atoms with van der Waals surface area (Å²) in [6.45, 7) is 2.04. The number of hydrogen-bond acceptors (Lipinski definition) is 2. The number of para-hydroxylation sites is 2. The quantitative estimate of drug-likeness (QED) is 0.364. The predicted molar refractivity (Wildman–Crippen MR) is 93.3 cm³/mol. The molecule has 0 amide bonds. The minimum absolute atomic E-state index is 0. The van der Waals surface area contributed by atoms with Crippen molar-refractivity contribution >= 4 is 41.0 Å². The van der Waals surface area contributed by atoms with E-state index in [4.69, 9.17) is 6.42 Å². The van der Waals surface area contributed by atoms with E-state index in [1.54, 1.807) is 7.05 Å². The normalized spacial score (nSPS) is 10.7. The number of fused-ring (bicyclic) bond motifs is 1. The summed E-state index contributed by atoms with van der Waals surface area (Å²) in [5.74, 6) is 3.22. The van der Waals surface area contributed by atoms with Crippen LogP contribution in [0.4, 0.5) is 0 Å². The fraction of sp³-hybridized carbons (Fsp3) is 0.286. The number of halogens is 1. The molecule has 2 N–H and O–H groups in total. The molecule has 1 aromatic heterocycles. The Hall–Kier alpha value is -1.75. The van der Waals surface area contributed by atoms with Crippen molar-refractivity contribution in [1.82, 2.24) is 20.2 Å². The number of nitrogens with one attached hydrogen (secondary N) is 2. The number of aromatic nitrogens is 2. The standard InChI is InChI=1S/C14H17N5.HI/c1-3-8-16-14(15-2)17-9-10-19-11-18-12-6-4-5-7-13(12)19;/h1,4-7,11H,8-10H2,2H3,(H2,15,16,17);1H. The highest BCUT2D eigenvalue weighted by molar-refractivity contribution is 14.0. The molecule has 106 valence electrons. The van der Waals surface area contributed by atoms with Crippen LogP contribution in [0.15, 0.2) is 35.6 Å². The molecule has 0 fully saturated rings. The number of rotatable bonds is 4. The maximum absolute atomic E-state index is 5.19. The first kappa shape index (κ1) is 16.3. The summed E-state index contributed by atoms with van der Waals surface area (Å²) >= 11 is 0. The second-order valence-corrected chi connectivity index (χ2v) is 3.98. The molecule has 0 aliphatic rings. The van der Waals surface area contributed by atoms with E-state index in [0.717, 1.165) is 24.1 Å². The van der Waals surface area contributed by atoms with Gasteiger partial charge < -0.3 is 15.2 Å². The maximum Gasteiger partial charge on any atom is 0.191 e. The van der Waals surface area contributed by atoms with Crippen molar-refractivity contribution in [3.63, 3.8) is 0 Å². The van der Waals surface area contributed by atoms with Crippen molar-refractivity contribution in [2.75, 3.05) is 20.1 Å². The van der Waals surface area contributed by atoms with Gasteiger partial charge in [0.2, 0.25) is 0 Å². The number of benzene rings is 1. The van der Waals surface area contributed by atoms with Gasteiger partial charge in [-0.3, -0.25) is 4.99 Å². The average molecular weight is 383 g/mol. The molecule has 0 bridgehead atoms. The lowest BCUT2D eigenvalue weighted by molar-refractivity contribution is 0.680. The number of hydrogen-bond donors (Lipinski definition) is 2. The fourth-order valence-electron chi connectivity index (χ4n) is 1.84. The van der Waals surface area contributed by atoms with E-state index < -0.39 is 0 Å². The number of nitrogens with zero attached hydrogens (tertiary/aromatic N) is 3. The molecule has 0 aliphatic heterocycles. The van der Waals surface area contributed by atoms with Crippen molar-refractivity contribution in [2.45, 2.75) is 6.54 Å². The van der Waals surface area contributed by atoms with E-state index in [0.29, 0.717) is 12.5 Å². The molecule has 0 atom stereocenters. The van der Waals surface area contributed by atoms with Gasteiger partial charge in [-0.05, 0) is 12.1 Å². The van der Waals surface area contributed by atoms with Crippen molar-refractivity contribution in [1.29, 1.82) is 0 Å². The molecular weight excluding hydrogens is 365 g/mol. The van der Waals surface area contributed by atoms with Gasteiger partial charge in [-0.2, -0.15) is 0 Å². The molecule has 20 heavy (non-hydrogen) atoms. The topological polar surface area (TPSA) is 54.2 Å². The van der Waals surface area contributed by atoms with Gasteiger partial charge in [-0.25, -0.2) is 4.98 Å². The second kappa shape index (κ2) is 8.43. The van der Waals surface area contributed by atoms with Gasteiger partial charge in [-0.15, -0.1) is 30.4 Å². The third-order valence-electron chi connectivity index (χ3n) is 2.75. The third-order valence-corrected chi connectivity index (χ3v) is 2.75. The Morgan fingerprint density at radius 1 is 1.40 bits per heavy atom. The van der Waals surface area contributed by atoms with E-state index in [-0.39, 0.29) is 24.0 Å². The number of terminal acetylenes is 1. The van der Waals surface area contributed by atoms with Gasteiger partial charge in [0.25, 0.3) is 0 Å². The van der Waals surface area contributed by atoms with E-state index >= 15 is 0 Å². The second-order valence-electron chi connectivity index (χ2n) is 3.98.